The van der Waals surface area contributed by atoms with E-state index in [-0.39, 0.29) is 5.82 Å². The normalized spacial score (nSPS) is 11.1. The van der Waals surface area contributed by atoms with Gasteiger partial charge in [-0.3, -0.25) is 0 Å². The van der Waals surface area contributed by atoms with Crippen LogP contribution in [0.25, 0.3) is 0 Å². The Morgan fingerprint density at radius 3 is 2.63 bits per heavy atom. The molecule has 0 aliphatic rings. The lowest BCUT2D eigenvalue weighted by Gasteiger charge is -2.29. The van der Waals surface area contributed by atoms with Gasteiger partial charge in [0.05, 0.1) is 6.20 Å². The SMILES string of the molecule is CCCNCc1cc(F)cnc1N(CCC)C(C)C. The van der Waals surface area contributed by atoms with Crippen molar-refractivity contribution < 1.29 is 4.39 Å². The molecule has 0 aromatic carbocycles. The summed E-state index contributed by atoms with van der Waals surface area (Å²) >= 11 is 0. The molecule has 1 rings (SSSR count). The molecule has 0 radical (unpaired) electrons. The van der Waals surface area contributed by atoms with E-state index < -0.39 is 0 Å². The Kier molecular flexibility index (Phi) is 6.78. The van der Waals surface area contributed by atoms with Crippen molar-refractivity contribution in [2.45, 2.75) is 53.1 Å². The molecule has 4 heteroatoms. The molecule has 0 unspecified atom stereocenters. The summed E-state index contributed by atoms with van der Waals surface area (Å²) in [6.45, 7) is 11.1. The van der Waals surface area contributed by atoms with E-state index in [1.54, 1.807) is 6.07 Å². The smallest absolute Gasteiger partial charge is 0.141 e. The van der Waals surface area contributed by atoms with Gasteiger partial charge in [-0.25, -0.2) is 9.37 Å². The molecule has 0 aliphatic heterocycles. The van der Waals surface area contributed by atoms with Gasteiger partial charge in [0.2, 0.25) is 0 Å². The van der Waals surface area contributed by atoms with Crippen LogP contribution >= 0.6 is 0 Å². The maximum Gasteiger partial charge on any atom is 0.141 e. The van der Waals surface area contributed by atoms with Gasteiger partial charge in [0.15, 0.2) is 0 Å². The van der Waals surface area contributed by atoms with Crippen molar-refractivity contribution in [3.63, 3.8) is 0 Å². The van der Waals surface area contributed by atoms with Crippen molar-refractivity contribution in [3.8, 4) is 0 Å². The Hall–Kier alpha value is -1.16. The van der Waals surface area contributed by atoms with Gasteiger partial charge in [0.1, 0.15) is 11.6 Å². The third-order valence-corrected chi connectivity index (χ3v) is 3.01. The minimum atomic E-state index is -0.266. The summed E-state index contributed by atoms with van der Waals surface area (Å²) in [5.41, 5.74) is 0.940. The van der Waals surface area contributed by atoms with Crippen LogP contribution in [-0.4, -0.2) is 24.1 Å². The number of hydrogen-bond donors (Lipinski definition) is 1. The number of hydrogen-bond acceptors (Lipinski definition) is 3. The van der Waals surface area contributed by atoms with Gasteiger partial charge < -0.3 is 10.2 Å². The van der Waals surface area contributed by atoms with E-state index >= 15 is 0 Å². The van der Waals surface area contributed by atoms with E-state index in [2.05, 4.69) is 42.9 Å². The zero-order chi connectivity index (χ0) is 14.3. The number of pyridine rings is 1. The topological polar surface area (TPSA) is 28.2 Å². The summed E-state index contributed by atoms with van der Waals surface area (Å²) in [4.78, 5) is 6.55. The predicted octanol–water partition coefficient (Wildman–Crippen LogP) is 3.35. The second kappa shape index (κ2) is 8.10. The zero-order valence-corrected chi connectivity index (χ0v) is 12.5. The van der Waals surface area contributed by atoms with E-state index in [0.29, 0.717) is 12.6 Å². The quantitative estimate of drug-likeness (QED) is 0.732. The molecule has 3 nitrogen and oxygen atoms in total. The summed E-state index contributed by atoms with van der Waals surface area (Å²) in [5, 5.41) is 3.32. The molecule has 0 aliphatic carbocycles. The number of nitrogens with zero attached hydrogens (tertiary/aromatic N) is 2. The fourth-order valence-electron chi connectivity index (χ4n) is 2.11. The molecular weight excluding hydrogens is 241 g/mol. The standard InChI is InChI=1S/C15H26FN3/c1-5-7-17-10-13-9-14(16)11-18-15(13)19(8-6-2)12(3)4/h9,11-12,17H,5-8,10H2,1-4H3. The molecule has 1 aromatic heterocycles. The maximum atomic E-state index is 13.4. The highest BCUT2D eigenvalue weighted by molar-refractivity contribution is 5.47. The van der Waals surface area contributed by atoms with Crippen molar-refractivity contribution in [1.82, 2.24) is 10.3 Å². The van der Waals surface area contributed by atoms with Crippen LogP contribution < -0.4 is 10.2 Å². The molecule has 0 atom stereocenters. The minimum Gasteiger partial charge on any atom is -0.354 e. The average Bonchev–Trinajstić information content (AvgIpc) is 2.37. The lowest BCUT2D eigenvalue weighted by molar-refractivity contribution is 0.601. The highest BCUT2D eigenvalue weighted by Crippen LogP contribution is 2.21. The fourth-order valence-corrected chi connectivity index (χ4v) is 2.11. The molecule has 0 saturated heterocycles. The number of rotatable bonds is 8. The Morgan fingerprint density at radius 1 is 1.32 bits per heavy atom. The molecule has 1 aromatic rings. The molecule has 108 valence electrons. The highest BCUT2D eigenvalue weighted by Gasteiger charge is 2.15. The number of halogens is 1. The van der Waals surface area contributed by atoms with E-state index in [1.807, 2.05) is 0 Å². The largest absolute Gasteiger partial charge is 0.354 e. The van der Waals surface area contributed by atoms with Gasteiger partial charge in [-0.1, -0.05) is 13.8 Å². The molecule has 0 spiro atoms. The first kappa shape index (κ1) is 15.9. The Labute approximate surface area is 116 Å². The van der Waals surface area contributed by atoms with Gasteiger partial charge in [0, 0.05) is 24.7 Å². The lowest BCUT2D eigenvalue weighted by Crippen LogP contribution is -2.33. The van der Waals surface area contributed by atoms with Crippen molar-refractivity contribution in [3.05, 3.63) is 23.6 Å². The summed E-state index contributed by atoms with van der Waals surface area (Å²) < 4.78 is 13.4. The summed E-state index contributed by atoms with van der Waals surface area (Å²) in [5.74, 6) is 0.638. The fraction of sp³-hybridized carbons (Fsp3) is 0.667. The zero-order valence-electron chi connectivity index (χ0n) is 12.5. The molecule has 19 heavy (non-hydrogen) atoms. The second-order valence-corrected chi connectivity index (χ2v) is 5.10. The first-order chi connectivity index (χ1) is 9.10. The number of nitrogens with one attached hydrogen (secondary N) is 1. The van der Waals surface area contributed by atoms with E-state index in [4.69, 9.17) is 0 Å². The monoisotopic (exact) mass is 267 g/mol. The molecule has 1 N–H and O–H groups in total. The molecule has 0 amide bonds. The average molecular weight is 267 g/mol. The lowest BCUT2D eigenvalue weighted by atomic mass is 10.2. The molecule has 1 heterocycles. The van der Waals surface area contributed by atoms with Crippen molar-refractivity contribution in [2.75, 3.05) is 18.0 Å². The number of anilines is 1. The van der Waals surface area contributed by atoms with Gasteiger partial charge >= 0.3 is 0 Å². The van der Waals surface area contributed by atoms with Crippen LogP contribution in [0.4, 0.5) is 10.2 Å². The van der Waals surface area contributed by atoms with Crippen LogP contribution in [0, 0.1) is 5.82 Å². The predicted molar refractivity (Wildman–Crippen MR) is 79.0 cm³/mol. The van der Waals surface area contributed by atoms with Crippen LogP contribution in [-0.2, 0) is 6.54 Å². The Bertz CT molecular complexity index is 380. The molecule has 0 fully saturated rings. The van der Waals surface area contributed by atoms with E-state index in [0.717, 1.165) is 37.3 Å². The molecule has 0 bridgehead atoms. The van der Waals surface area contributed by atoms with Crippen LogP contribution in [0.5, 0.6) is 0 Å². The van der Waals surface area contributed by atoms with Crippen LogP contribution in [0.2, 0.25) is 0 Å². The summed E-state index contributed by atoms with van der Waals surface area (Å²) in [6, 6.07) is 1.96. The third-order valence-electron chi connectivity index (χ3n) is 3.01. The second-order valence-electron chi connectivity index (χ2n) is 5.10. The van der Waals surface area contributed by atoms with E-state index in [9.17, 15) is 4.39 Å². The maximum absolute atomic E-state index is 13.4. The Morgan fingerprint density at radius 2 is 2.05 bits per heavy atom. The Balaban J connectivity index is 2.95. The first-order valence-electron chi connectivity index (χ1n) is 7.21. The van der Waals surface area contributed by atoms with Crippen molar-refractivity contribution in [1.29, 1.82) is 0 Å². The van der Waals surface area contributed by atoms with Gasteiger partial charge in [0.25, 0.3) is 0 Å². The minimum absolute atomic E-state index is 0.266. The summed E-state index contributed by atoms with van der Waals surface area (Å²) in [7, 11) is 0. The van der Waals surface area contributed by atoms with Gasteiger partial charge in [-0.2, -0.15) is 0 Å². The molecule has 0 saturated carbocycles. The summed E-state index contributed by atoms with van der Waals surface area (Å²) in [6.07, 6.45) is 3.43. The van der Waals surface area contributed by atoms with Crippen LogP contribution in [0.1, 0.15) is 46.1 Å². The third kappa shape index (κ3) is 4.78. The van der Waals surface area contributed by atoms with Crippen molar-refractivity contribution in [2.24, 2.45) is 0 Å². The molecular formula is C15H26FN3. The van der Waals surface area contributed by atoms with Gasteiger partial charge in [-0.15, -0.1) is 0 Å². The highest BCUT2D eigenvalue weighted by atomic mass is 19.1. The van der Waals surface area contributed by atoms with Gasteiger partial charge in [-0.05, 0) is 39.3 Å². The van der Waals surface area contributed by atoms with Crippen molar-refractivity contribution >= 4 is 5.82 Å². The van der Waals surface area contributed by atoms with E-state index in [1.165, 1.54) is 6.20 Å². The first-order valence-corrected chi connectivity index (χ1v) is 7.21. The number of aromatic nitrogens is 1. The van der Waals surface area contributed by atoms with Crippen LogP contribution in [0.15, 0.2) is 12.3 Å². The van der Waals surface area contributed by atoms with Crippen LogP contribution in [0.3, 0.4) is 0 Å².